The summed E-state index contributed by atoms with van der Waals surface area (Å²) in [6, 6.07) is 13.2. The minimum Gasteiger partial charge on any atom is -0.493 e. The van der Waals surface area contributed by atoms with Crippen LogP contribution in [0.5, 0.6) is 23.0 Å². The van der Waals surface area contributed by atoms with E-state index in [9.17, 15) is 18.8 Å². The molecule has 0 atom stereocenters. The minimum atomic E-state index is -0.911. The molecule has 47 heavy (non-hydrogen) atoms. The number of benzene rings is 3. The molecule has 0 aliphatic carbocycles. The maximum absolute atomic E-state index is 15.3. The number of anilines is 1. The number of nitrogens with one attached hydrogen (secondary N) is 1. The SMILES string of the molecule is CCCCCOc1cc2nccc(Oc3ccc(NC(=O)c4cn(C(C)C)c(=O)n(-c5ccc(F)cc5)c4=O)cc3F)c2cc1OC. The molecule has 2 aromatic heterocycles. The van der Waals surface area contributed by atoms with E-state index in [1.807, 2.05) is 0 Å². The highest BCUT2D eigenvalue weighted by Gasteiger charge is 2.21. The van der Waals surface area contributed by atoms with Gasteiger partial charge in [-0.3, -0.25) is 19.1 Å². The van der Waals surface area contributed by atoms with Crippen LogP contribution in [-0.2, 0) is 0 Å². The Morgan fingerprint density at radius 1 is 0.936 bits per heavy atom. The van der Waals surface area contributed by atoms with Gasteiger partial charge in [0.2, 0.25) is 0 Å². The van der Waals surface area contributed by atoms with Crippen molar-refractivity contribution in [3.05, 3.63) is 111 Å². The summed E-state index contributed by atoms with van der Waals surface area (Å²) >= 11 is 0. The quantitative estimate of drug-likeness (QED) is 0.145. The fraction of sp³-hybridized carbons (Fsp3) is 0.257. The number of pyridine rings is 1. The van der Waals surface area contributed by atoms with Crippen LogP contribution >= 0.6 is 0 Å². The van der Waals surface area contributed by atoms with Gasteiger partial charge in [-0.15, -0.1) is 0 Å². The van der Waals surface area contributed by atoms with Crippen molar-refractivity contribution >= 4 is 22.5 Å². The zero-order valence-corrected chi connectivity index (χ0v) is 26.4. The number of hydrogen-bond acceptors (Lipinski definition) is 7. The lowest BCUT2D eigenvalue weighted by molar-refractivity contribution is 0.102. The van der Waals surface area contributed by atoms with E-state index >= 15 is 4.39 Å². The molecule has 0 aliphatic heterocycles. The summed E-state index contributed by atoms with van der Waals surface area (Å²) < 4.78 is 48.2. The van der Waals surface area contributed by atoms with Crippen molar-refractivity contribution < 1.29 is 27.8 Å². The third-order valence-electron chi connectivity index (χ3n) is 7.40. The fourth-order valence-electron chi connectivity index (χ4n) is 4.92. The number of rotatable bonds is 12. The summed E-state index contributed by atoms with van der Waals surface area (Å²) in [5.74, 6) is -0.990. The number of ether oxygens (including phenoxy) is 3. The summed E-state index contributed by atoms with van der Waals surface area (Å²) in [5.41, 5.74) is -1.28. The van der Waals surface area contributed by atoms with Crippen molar-refractivity contribution in [3.63, 3.8) is 0 Å². The maximum Gasteiger partial charge on any atom is 0.335 e. The highest BCUT2D eigenvalue weighted by atomic mass is 19.1. The third kappa shape index (κ3) is 7.16. The molecule has 1 N–H and O–H groups in total. The first kappa shape index (κ1) is 32.9. The predicted octanol–water partition coefficient (Wildman–Crippen LogP) is 7.03. The van der Waals surface area contributed by atoms with E-state index in [0.717, 1.165) is 48.2 Å². The highest BCUT2D eigenvalue weighted by molar-refractivity contribution is 6.04. The Bertz CT molecular complexity index is 2040. The predicted molar refractivity (Wildman–Crippen MR) is 174 cm³/mol. The number of carbonyl (C=O) groups is 1. The minimum absolute atomic E-state index is 0.0426. The molecule has 0 bridgehead atoms. The highest BCUT2D eigenvalue weighted by Crippen LogP contribution is 2.38. The maximum atomic E-state index is 15.3. The second-order valence-electron chi connectivity index (χ2n) is 11.0. The van der Waals surface area contributed by atoms with Gasteiger partial charge in [-0.2, -0.15) is 0 Å². The summed E-state index contributed by atoms with van der Waals surface area (Å²) in [6.45, 7) is 6.06. The van der Waals surface area contributed by atoms with Crippen LogP contribution in [0.3, 0.4) is 0 Å². The Hall–Kier alpha value is -5.52. The zero-order chi connectivity index (χ0) is 33.7. The van der Waals surface area contributed by atoms with E-state index in [1.165, 1.54) is 42.1 Å². The topological polar surface area (TPSA) is 114 Å². The molecular formula is C35H34F2N4O6. The molecule has 0 saturated heterocycles. The van der Waals surface area contributed by atoms with Crippen molar-refractivity contribution in [1.82, 2.24) is 14.1 Å². The van der Waals surface area contributed by atoms with Crippen LogP contribution in [0.2, 0.25) is 0 Å². The second kappa shape index (κ2) is 14.3. The van der Waals surface area contributed by atoms with E-state index in [0.29, 0.717) is 34.8 Å². The first-order chi connectivity index (χ1) is 22.6. The van der Waals surface area contributed by atoms with Gasteiger partial charge in [-0.05, 0) is 68.8 Å². The van der Waals surface area contributed by atoms with Gasteiger partial charge in [0.15, 0.2) is 23.1 Å². The van der Waals surface area contributed by atoms with Crippen LogP contribution in [0.4, 0.5) is 14.5 Å². The average Bonchev–Trinajstić information content (AvgIpc) is 3.04. The number of fused-ring (bicyclic) bond motifs is 1. The molecule has 3 aromatic carbocycles. The van der Waals surface area contributed by atoms with Crippen LogP contribution in [0.1, 0.15) is 56.4 Å². The Kier molecular flexibility index (Phi) is 9.98. The van der Waals surface area contributed by atoms with Gasteiger partial charge in [-0.25, -0.2) is 18.1 Å². The summed E-state index contributed by atoms with van der Waals surface area (Å²) in [5, 5.41) is 3.09. The molecule has 1 amide bonds. The Balaban J connectivity index is 1.40. The van der Waals surface area contributed by atoms with Crippen LogP contribution in [0.15, 0.2) is 82.6 Å². The molecule has 244 valence electrons. The molecule has 0 unspecified atom stereocenters. The largest absolute Gasteiger partial charge is 0.493 e. The molecule has 0 spiro atoms. The van der Waals surface area contributed by atoms with Crippen LogP contribution < -0.4 is 30.8 Å². The number of halogens is 2. The molecule has 10 nitrogen and oxygen atoms in total. The Morgan fingerprint density at radius 2 is 1.70 bits per heavy atom. The standard InChI is InChI=1S/C35H34F2N4O6/c1-5-6-7-16-46-32-19-28-25(18-31(32)45-4)29(14-15-38-28)47-30-13-10-23(17-27(30)37)39-33(42)26-20-40(21(2)3)35(44)41(34(26)43)24-11-8-22(36)9-12-24/h8-15,17-21H,5-7,16H2,1-4H3,(H,39,42). The summed E-state index contributed by atoms with van der Waals surface area (Å²) in [4.78, 5) is 44.1. The molecule has 0 aliphatic rings. The van der Waals surface area contributed by atoms with Gasteiger partial charge in [0.05, 0.1) is 24.9 Å². The number of nitrogens with zero attached hydrogens (tertiary/aromatic N) is 3. The average molecular weight is 645 g/mol. The zero-order valence-electron chi connectivity index (χ0n) is 26.4. The lowest BCUT2D eigenvalue weighted by atomic mass is 10.1. The molecule has 2 heterocycles. The Morgan fingerprint density at radius 3 is 2.38 bits per heavy atom. The first-order valence-electron chi connectivity index (χ1n) is 15.1. The lowest BCUT2D eigenvalue weighted by Gasteiger charge is -2.16. The number of unbranched alkanes of at least 4 members (excludes halogenated alkanes) is 2. The smallest absolute Gasteiger partial charge is 0.335 e. The van der Waals surface area contributed by atoms with Crippen molar-refractivity contribution in [3.8, 4) is 28.7 Å². The summed E-state index contributed by atoms with van der Waals surface area (Å²) in [7, 11) is 1.53. The van der Waals surface area contributed by atoms with Gasteiger partial charge < -0.3 is 19.5 Å². The molecule has 5 rings (SSSR count). The monoisotopic (exact) mass is 644 g/mol. The molecule has 0 fully saturated rings. The second-order valence-corrected chi connectivity index (χ2v) is 11.0. The fourth-order valence-corrected chi connectivity index (χ4v) is 4.92. The van der Waals surface area contributed by atoms with Crippen molar-refractivity contribution in [2.24, 2.45) is 0 Å². The molecule has 12 heteroatoms. The number of aromatic nitrogens is 3. The van der Waals surface area contributed by atoms with Gasteiger partial charge in [0.1, 0.15) is 17.1 Å². The molecular weight excluding hydrogens is 610 g/mol. The number of hydrogen-bond donors (Lipinski definition) is 1. The first-order valence-corrected chi connectivity index (χ1v) is 15.1. The number of carbonyl (C=O) groups excluding carboxylic acids is 1. The van der Waals surface area contributed by atoms with E-state index < -0.39 is 34.8 Å². The summed E-state index contributed by atoms with van der Waals surface area (Å²) in [6.07, 6.45) is 5.71. The molecule has 5 aromatic rings. The van der Waals surface area contributed by atoms with Gasteiger partial charge in [0, 0.05) is 41.6 Å². The van der Waals surface area contributed by atoms with E-state index in [2.05, 4.69) is 17.2 Å². The van der Waals surface area contributed by atoms with E-state index in [-0.39, 0.29) is 22.7 Å². The third-order valence-corrected chi connectivity index (χ3v) is 7.40. The van der Waals surface area contributed by atoms with Crippen molar-refractivity contribution in [2.75, 3.05) is 19.0 Å². The van der Waals surface area contributed by atoms with Gasteiger partial charge >= 0.3 is 5.69 Å². The van der Waals surface area contributed by atoms with E-state index in [4.69, 9.17) is 14.2 Å². The Labute approximate surface area is 269 Å². The van der Waals surface area contributed by atoms with Crippen molar-refractivity contribution in [1.29, 1.82) is 0 Å². The normalized spacial score (nSPS) is 11.1. The van der Waals surface area contributed by atoms with Crippen LogP contribution in [0, 0.1) is 11.6 Å². The molecule has 0 radical (unpaired) electrons. The molecule has 0 saturated carbocycles. The number of methoxy groups -OCH3 is 1. The lowest BCUT2D eigenvalue weighted by Crippen LogP contribution is -2.42. The number of amides is 1. The van der Waals surface area contributed by atoms with E-state index in [1.54, 1.807) is 32.0 Å². The van der Waals surface area contributed by atoms with Crippen LogP contribution in [0.25, 0.3) is 16.6 Å². The van der Waals surface area contributed by atoms with Crippen LogP contribution in [-0.4, -0.2) is 33.7 Å². The van der Waals surface area contributed by atoms with Gasteiger partial charge in [0.25, 0.3) is 11.5 Å². The van der Waals surface area contributed by atoms with Crippen molar-refractivity contribution in [2.45, 2.75) is 46.1 Å². The van der Waals surface area contributed by atoms with Gasteiger partial charge in [-0.1, -0.05) is 19.8 Å².